The van der Waals surface area contributed by atoms with Gasteiger partial charge in [-0.1, -0.05) is 30.3 Å². The lowest BCUT2D eigenvalue weighted by atomic mass is 10.2. The summed E-state index contributed by atoms with van der Waals surface area (Å²) >= 11 is 0. The molecule has 0 saturated carbocycles. The van der Waals surface area contributed by atoms with Crippen molar-refractivity contribution in [2.24, 2.45) is 0 Å². The van der Waals surface area contributed by atoms with Crippen LogP contribution in [0.2, 0.25) is 0 Å². The molecule has 6 nitrogen and oxygen atoms in total. The van der Waals surface area contributed by atoms with E-state index in [0.29, 0.717) is 6.54 Å². The summed E-state index contributed by atoms with van der Waals surface area (Å²) < 4.78 is 22.2. The molecule has 2 rings (SSSR count). The number of hydrogen-bond donors (Lipinski definition) is 0. The van der Waals surface area contributed by atoms with Crippen molar-refractivity contribution in [2.45, 2.75) is 6.54 Å². The lowest BCUT2D eigenvalue weighted by Gasteiger charge is -2.16. The maximum absolute atomic E-state index is 12.1. The zero-order valence-corrected chi connectivity index (χ0v) is 12.0. The first-order chi connectivity index (χ1) is 9.37. The molecule has 108 valence electrons. The standard InChI is InChI=1S/C13H16N2O4S/c1-20(18,19)8-7-15-12(16)10-14(13(15)17)9-11-5-3-2-4-6-11/h2-6H,7-10H2,1H3. The molecule has 0 spiro atoms. The highest BCUT2D eigenvalue weighted by Crippen LogP contribution is 2.14. The van der Waals surface area contributed by atoms with Crippen molar-refractivity contribution in [3.8, 4) is 0 Å². The van der Waals surface area contributed by atoms with Crippen LogP contribution >= 0.6 is 0 Å². The van der Waals surface area contributed by atoms with Gasteiger partial charge in [0, 0.05) is 19.3 Å². The predicted molar refractivity (Wildman–Crippen MR) is 73.7 cm³/mol. The van der Waals surface area contributed by atoms with Crippen LogP contribution in [0.5, 0.6) is 0 Å². The Labute approximate surface area is 117 Å². The van der Waals surface area contributed by atoms with Crippen molar-refractivity contribution in [3.63, 3.8) is 0 Å². The zero-order chi connectivity index (χ0) is 14.8. The molecule has 1 aliphatic heterocycles. The minimum atomic E-state index is -3.20. The third kappa shape index (κ3) is 3.57. The van der Waals surface area contributed by atoms with Crippen LogP contribution in [0.1, 0.15) is 5.56 Å². The number of carbonyl (C=O) groups is 2. The third-order valence-corrected chi connectivity index (χ3v) is 3.95. The smallest absolute Gasteiger partial charge is 0.311 e. The van der Waals surface area contributed by atoms with Crippen LogP contribution in [0, 0.1) is 0 Å². The molecule has 20 heavy (non-hydrogen) atoms. The Morgan fingerprint density at radius 3 is 2.40 bits per heavy atom. The number of sulfone groups is 1. The van der Waals surface area contributed by atoms with E-state index in [1.54, 1.807) is 0 Å². The average molecular weight is 296 g/mol. The molecule has 3 amide bonds. The van der Waals surface area contributed by atoms with Gasteiger partial charge >= 0.3 is 6.03 Å². The number of rotatable bonds is 5. The topological polar surface area (TPSA) is 74.8 Å². The molecule has 1 aromatic carbocycles. The molecule has 1 heterocycles. The summed E-state index contributed by atoms with van der Waals surface area (Å²) in [6, 6.07) is 8.91. The summed E-state index contributed by atoms with van der Waals surface area (Å²) in [7, 11) is -3.20. The van der Waals surface area contributed by atoms with Crippen LogP contribution < -0.4 is 0 Å². The highest BCUT2D eigenvalue weighted by molar-refractivity contribution is 7.90. The van der Waals surface area contributed by atoms with Gasteiger partial charge in [0.2, 0.25) is 5.91 Å². The maximum Gasteiger partial charge on any atom is 0.327 e. The van der Waals surface area contributed by atoms with Crippen molar-refractivity contribution >= 4 is 21.8 Å². The molecule has 0 N–H and O–H groups in total. The number of benzene rings is 1. The van der Waals surface area contributed by atoms with Gasteiger partial charge in [0.05, 0.1) is 5.75 Å². The van der Waals surface area contributed by atoms with Crippen molar-refractivity contribution < 1.29 is 18.0 Å². The van der Waals surface area contributed by atoms with Gasteiger partial charge in [-0.25, -0.2) is 13.2 Å². The van der Waals surface area contributed by atoms with Gasteiger partial charge in [-0.05, 0) is 5.56 Å². The molecular weight excluding hydrogens is 280 g/mol. The average Bonchev–Trinajstić information content (AvgIpc) is 2.63. The van der Waals surface area contributed by atoms with Gasteiger partial charge in [-0.2, -0.15) is 0 Å². The molecule has 1 saturated heterocycles. The summed E-state index contributed by atoms with van der Waals surface area (Å²) in [4.78, 5) is 26.3. The van der Waals surface area contributed by atoms with E-state index >= 15 is 0 Å². The second kappa shape index (κ2) is 5.62. The van der Waals surface area contributed by atoms with Crippen LogP contribution in [0.25, 0.3) is 0 Å². The Kier molecular flexibility index (Phi) is 4.08. The minimum absolute atomic E-state index is 0.00249. The van der Waals surface area contributed by atoms with Gasteiger partial charge in [0.25, 0.3) is 0 Å². The van der Waals surface area contributed by atoms with E-state index in [9.17, 15) is 18.0 Å². The normalized spacial score (nSPS) is 16.1. The Hall–Kier alpha value is -1.89. The fourth-order valence-corrected chi connectivity index (χ4v) is 2.51. The highest BCUT2D eigenvalue weighted by atomic mass is 32.2. The van der Waals surface area contributed by atoms with Gasteiger partial charge in [0.15, 0.2) is 0 Å². The SMILES string of the molecule is CS(=O)(=O)CCN1C(=O)CN(Cc2ccccc2)C1=O. The zero-order valence-electron chi connectivity index (χ0n) is 11.2. The molecule has 1 aliphatic rings. The first-order valence-corrected chi connectivity index (χ1v) is 8.24. The quantitative estimate of drug-likeness (QED) is 0.741. The number of amides is 3. The van der Waals surface area contributed by atoms with Crippen LogP contribution in [-0.4, -0.2) is 55.3 Å². The van der Waals surface area contributed by atoms with Crippen molar-refractivity contribution in [1.29, 1.82) is 0 Å². The van der Waals surface area contributed by atoms with E-state index < -0.39 is 15.9 Å². The van der Waals surface area contributed by atoms with Gasteiger partial charge in [0.1, 0.15) is 16.4 Å². The van der Waals surface area contributed by atoms with Crippen molar-refractivity contribution in [1.82, 2.24) is 9.80 Å². The molecule has 0 radical (unpaired) electrons. The predicted octanol–water partition coefficient (Wildman–Crippen LogP) is 0.495. The van der Waals surface area contributed by atoms with Crippen LogP contribution in [0.4, 0.5) is 4.79 Å². The Morgan fingerprint density at radius 1 is 1.15 bits per heavy atom. The first kappa shape index (κ1) is 14.5. The highest BCUT2D eigenvalue weighted by Gasteiger charge is 2.35. The lowest BCUT2D eigenvalue weighted by Crippen LogP contribution is -2.36. The van der Waals surface area contributed by atoms with E-state index in [4.69, 9.17) is 0 Å². The summed E-state index contributed by atoms with van der Waals surface area (Å²) in [5.74, 6) is -0.557. The third-order valence-electron chi connectivity index (χ3n) is 3.03. The Balaban J connectivity index is 2.01. The molecule has 0 aliphatic carbocycles. The van der Waals surface area contributed by atoms with Crippen molar-refractivity contribution in [3.05, 3.63) is 35.9 Å². The molecule has 1 fully saturated rings. The molecule has 0 unspecified atom stereocenters. The molecule has 7 heteroatoms. The number of hydrogen-bond acceptors (Lipinski definition) is 4. The Morgan fingerprint density at radius 2 is 1.80 bits per heavy atom. The largest absolute Gasteiger partial charge is 0.327 e. The first-order valence-electron chi connectivity index (χ1n) is 6.18. The van der Waals surface area contributed by atoms with Gasteiger partial charge in [-0.3, -0.25) is 9.69 Å². The fraction of sp³-hybridized carbons (Fsp3) is 0.385. The molecule has 0 bridgehead atoms. The van der Waals surface area contributed by atoms with Crippen molar-refractivity contribution in [2.75, 3.05) is 25.1 Å². The summed E-state index contributed by atoms with van der Waals surface area (Å²) in [6.45, 7) is 0.264. The van der Waals surface area contributed by atoms with E-state index in [-0.39, 0.29) is 24.7 Å². The van der Waals surface area contributed by atoms with Gasteiger partial charge in [-0.15, -0.1) is 0 Å². The molecule has 0 atom stereocenters. The van der Waals surface area contributed by atoms with E-state index in [1.165, 1.54) is 4.90 Å². The number of carbonyl (C=O) groups excluding carboxylic acids is 2. The summed E-state index contributed by atoms with van der Waals surface area (Å²) in [5, 5.41) is 0. The second-order valence-corrected chi connectivity index (χ2v) is 7.06. The Bertz CT molecular complexity index is 613. The van der Waals surface area contributed by atoms with E-state index in [1.807, 2.05) is 30.3 Å². The molecular formula is C13H16N2O4S. The van der Waals surface area contributed by atoms with Crippen LogP contribution in [-0.2, 0) is 21.2 Å². The lowest BCUT2D eigenvalue weighted by molar-refractivity contribution is -0.125. The van der Waals surface area contributed by atoms with E-state index in [2.05, 4.69) is 0 Å². The van der Waals surface area contributed by atoms with E-state index in [0.717, 1.165) is 16.7 Å². The number of imide groups is 1. The minimum Gasteiger partial charge on any atom is -0.311 e. The maximum atomic E-state index is 12.1. The van der Waals surface area contributed by atoms with Crippen LogP contribution in [0.3, 0.4) is 0 Å². The second-order valence-electron chi connectivity index (χ2n) is 4.80. The number of urea groups is 1. The fourth-order valence-electron chi connectivity index (χ4n) is 2.00. The molecule has 0 aromatic heterocycles. The summed E-state index contributed by atoms with van der Waals surface area (Å²) in [5.41, 5.74) is 0.929. The van der Waals surface area contributed by atoms with Crippen LogP contribution in [0.15, 0.2) is 30.3 Å². The van der Waals surface area contributed by atoms with Gasteiger partial charge < -0.3 is 4.90 Å². The summed E-state index contributed by atoms with van der Waals surface area (Å²) in [6.07, 6.45) is 1.08. The molecule has 1 aromatic rings. The monoisotopic (exact) mass is 296 g/mol. The number of nitrogens with zero attached hydrogens (tertiary/aromatic N) is 2.